The van der Waals surface area contributed by atoms with Gasteiger partial charge in [-0.15, -0.1) is 0 Å². The van der Waals surface area contributed by atoms with E-state index in [9.17, 15) is 4.79 Å². The predicted molar refractivity (Wildman–Crippen MR) is 85.8 cm³/mol. The first kappa shape index (κ1) is 16.0. The van der Waals surface area contributed by atoms with Gasteiger partial charge in [0.15, 0.2) is 0 Å². The van der Waals surface area contributed by atoms with Gasteiger partial charge in [-0.05, 0) is 24.4 Å². The Bertz CT molecular complexity index is 439. The lowest BCUT2D eigenvalue weighted by molar-refractivity contribution is -0.134. The third kappa shape index (κ3) is 4.55. The van der Waals surface area contributed by atoms with Crippen LogP contribution in [0.2, 0.25) is 0 Å². The lowest BCUT2D eigenvalue weighted by atomic mass is 10.1. The van der Waals surface area contributed by atoms with E-state index in [4.69, 9.17) is 5.73 Å². The first-order valence-electron chi connectivity index (χ1n) is 7.89. The van der Waals surface area contributed by atoms with Crippen LogP contribution in [0.15, 0.2) is 30.3 Å². The average Bonchev–Trinajstić information content (AvgIpc) is 2.53. The number of hydrogen-bond donors (Lipinski definition) is 1. The van der Waals surface area contributed by atoms with Crippen molar-refractivity contribution in [3.8, 4) is 0 Å². The number of benzene rings is 1. The smallest absolute Gasteiger partial charge is 0.244 e. The minimum atomic E-state index is -0.534. The molecule has 1 fully saturated rings. The van der Waals surface area contributed by atoms with Crippen LogP contribution in [0, 0.1) is 5.92 Å². The number of nitrogens with zero attached hydrogens (tertiary/aromatic N) is 2. The van der Waals surface area contributed by atoms with Crippen LogP contribution >= 0.6 is 0 Å². The van der Waals surface area contributed by atoms with Crippen LogP contribution in [0.25, 0.3) is 0 Å². The van der Waals surface area contributed by atoms with Crippen LogP contribution in [0.4, 0.5) is 0 Å². The van der Waals surface area contributed by atoms with Gasteiger partial charge in [-0.25, -0.2) is 0 Å². The van der Waals surface area contributed by atoms with Crippen molar-refractivity contribution in [2.75, 3.05) is 32.7 Å². The molecule has 1 aliphatic rings. The Balaban J connectivity index is 1.83. The number of rotatable bonds is 5. The summed E-state index contributed by atoms with van der Waals surface area (Å²) >= 11 is 0. The Morgan fingerprint density at radius 3 is 2.33 bits per heavy atom. The largest absolute Gasteiger partial charge is 0.338 e. The van der Waals surface area contributed by atoms with E-state index in [0.29, 0.717) is 0 Å². The quantitative estimate of drug-likeness (QED) is 0.900. The zero-order chi connectivity index (χ0) is 15.2. The summed E-state index contributed by atoms with van der Waals surface area (Å²) in [4.78, 5) is 16.8. The van der Waals surface area contributed by atoms with Crippen LogP contribution in [0.3, 0.4) is 0 Å². The molecule has 1 heterocycles. The molecule has 0 aromatic heterocycles. The maximum atomic E-state index is 12.5. The number of amides is 1. The van der Waals surface area contributed by atoms with E-state index in [2.05, 4.69) is 18.7 Å². The summed E-state index contributed by atoms with van der Waals surface area (Å²) in [5, 5.41) is 0. The molecule has 1 aliphatic heterocycles. The van der Waals surface area contributed by atoms with Crippen LogP contribution in [0.5, 0.6) is 0 Å². The van der Waals surface area contributed by atoms with Crippen LogP contribution in [-0.4, -0.2) is 48.4 Å². The highest BCUT2D eigenvalue weighted by Gasteiger charge is 2.25. The highest BCUT2D eigenvalue weighted by atomic mass is 16.2. The summed E-state index contributed by atoms with van der Waals surface area (Å²) < 4.78 is 0. The molecule has 1 atom stereocenters. The zero-order valence-electron chi connectivity index (χ0n) is 13.2. The number of hydrogen-bond acceptors (Lipinski definition) is 3. The molecule has 0 aliphatic carbocycles. The molecule has 21 heavy (non-hydrogen) atoms. The van der Waals surface area contributed by atoms with Crippen LogP contribution in [-0.2, 0) is 4.79 Å². The van der Waals surface area contributed by atoms with Crippen molar-refractivity contribution in [3.05, 3.63) is 35.9 Å². The fourth-order valence-corrected chi connectivity index (χ4v) is 2.63. The lowest BCUT2D eigenvalue weighted by Crippen LogP contribution is -2.51. The second-order valence-electron chi connectivity index (χ2n) is 6.24. The first-order chi connectivity index (χ1) is 10.1. The minimum Gasteiger partial charge on any atom is -0.338 e. The molecule has 4 heteroatoms. The van der Waals surface area contributed by atoms with Gasteiger partial charge in [0.05, 0.1) is 0 Å². The van der Waals surface area contributed by atoms with Gasteiger partial charge in [0.25, 0.3) is 0 Å². The molecule has 4 nitrogen and oxygen atoms in total. The number of piperazine rings is 1. The van der Waals surface area contributed by atoms with E-state index in [1.165, 1.54) is 6.42 Å². The molecule has 2 N–H and O–H groups in total. The SMILES string of the molecule is CC(C)CCN1CCN(C(=O)[C@H](N)c2ccccc2)CC1. The highest BCUT2D eigenvalue weighted by Crippen LogP contribution is 2.15. The van der Waals surface area contributed by atoms with Gasteiger partial charge in [0.2, 0.25) is 5.91 Å². The Morgan fingerprint density at radius 2 is 1.76 bits per heavy atom. The summed E-state index contributed by atoms with van der Waals surface area (Å²) in [6.07, 6.45) is 1.22. The number of carbonyl (C=O) groups is 1. The summed E-state index contributed by atoms with van der Waals surface area (Å²) in [7, 11) is 0. The zero-order valence-corrected chi connectivity index (χ0v) is 13.2. The first-order valence-corrected chi connectivity index (χ1v) is 7.89. The lowest BCUT2D eigenvalue weighted by Gasteiger charge is -2.36. The average molecular weight is 289 g/mol. The molecule has 1 aromatic carbocycles. The fraction of sp³-hybridized carbons (Fsp3) is 0.588. The van der Waals surface area contributed by atoms with Gasteiger partial charge in [-0.1, -0.05) is 44.2 Å². The number of nitrogens with two attached hydrogens (primary N) is 1. The second kappa shape index (κ2) is 7.57. The molecule has 0 spiro atoms. The molecule has 0 radical (unpaired) electrons. The Morgan fingerprint density at radius 1 is 1.14 bits per heavy atom. The Kier molecular flexibility index (Phi) is 5.76. The number of carbonyl (C=O) groups excluding carboxylic acids is 1. The van der Waals surface area contributed by atoms with Gasteiger partial charge >= 0.3 is 0 Å². The predicted octanol–water partition coefficient (Wildman–Crippen LogP) is 1.88. The molecule has 2 rings (SSSR count). The van der Waals surface area contributed by atoms with Gasteiger partial charge in [0, 0.05) is 26.2 Å². The summed E-state index contributed by atoms with van der Waals surface area (Å²) in [5.41, 5.74) is 6.99. The van der Waals surface area contributed by atoms with Gasteiger partial charge in [0.1, 0.15) is 6.04 Å². The van der Waals surface area contributed by atoms with E-state index in [1.807, 2.05) is 35.2 Å². The summed E-state index contributed by atoms with van der Waals surface area (Å²) in [6, 6.07) is 9.09. The Hall–Kier alpha value is -1.39. The van der Waals surface area contributed by atoms with Gasteiger partial charge in [-0.2, -0.15) is 0 Å². The van der Waals surface area contributed by atoms with Crippen molar-refractivity contribution in [2.24, 2.45) is 11.7 Å². The van der Waals surface area contributed by atoms with Gasteiger partial charge in [-0.3, -0.25) is 9.69 Å². The van der Waals surface area contributed by atoms with Crippen LogP contribution < -0.4 is 5.73 Å². The maximum Gasteiger partial charge on any atom is 0.244 e. The maximum absolute atomic E-state index is 12.5. The molecule has 1 amide bonds. The van der Waals surface area contributed by atoms with E-state index in [1.54, 1.807) is 0 Å². The van der Waals surface area contributed by atoms with E-state index < -0.39 is 6.04 Å². The standard InChI is InChI=1S/C17H27N3O/c1-14(2)8-9-19-10-12-20(13-11-19)17(21)16(18)15-6-4-3-5-7-15/h3-7,14,16H,8-13,18H2,1-2H3/t16-/m1/s1. The summed E-state index contributed by atoms with van der Waals surface area (Å²) in [5.74, 6) is 0.779. The third-order valence-electron chi connectivity index (χ3n) is 4.13. The van der Waals surface area contributed by atoms with Crippen molar-refractivity contribution < 1.29 is 4.79 Å². The molecule has 1 aromatic rings. The van der Waals surface area contributed by atoms with E-state index in [-0.39, 0.29) is 5.91 Å². The Labute approximate surface area is 127 Å². The molecular weight excluding hydrogens is 262 g/mol. The molecule has 0 bridgehead atoms. The fourth-order valence-electron chi connectivity index (χ4n) is 2.63. The van der Waals surface area contributed by atoms with Crippen molar-refractivity contribution in [2.45, 2.75) is 26.3 Å². The van der Waals surface area contributed by atoms with Crippen molar-refractivity contribution >= 4 is 5.91 Å². The molecule has 0 unspecified atom stereocenters. The molecule has 0 saturated carbocycles. The normalized spacial score (nSPS) is 18.0. The van der Waals surface area contributed by atoms with Gasteiger partial charge < -0.3 is 10.6 Å². The van der Waals surface area contributed by atoms with Crippen LogP contribution in [0.1, 0.15) is 31.9 Å². The van der Waals surface area contributed by atoms with Crippen molar-refractivity contribution in [1.82, 2.24) is 9.80 Å². The molecule has 1 saturated heterocycles. The monoisotopic (exact) mass is 289 g/mol. The molecular formula is C17H27N3O. The highest BCUT2D eigenvalue weighted by molar-refractivity contribution is 5.83. The van der Waals surface area contributed by atoms with E-state index >= 15 is 0 Å². The minimum absolute atomic E-state index is 0.0460. The second-order valence-corrected chi connectivity index (χ2v) is 6.24. The van der Waals surface area contributed by atoms with Crippen molar-refractivity contribution in [1.29, 1.82) is 0 Å². The topological polar surface area (TPSA) is 49.6 Å². The van der Waals surface area contributed by atoms with E-state index in [0.717, 1.165) is 44.2 Å². The summed E-state index contributed by atoms with van der Waals surface area (Å²) in [6.45, 7) is 9.12. The molecule has 116 valence electrons. The van der Waals surface area contributed by atoms with Crippen molar-refractivity contribution in [3.63, 3.8) is 0 Å². The third-order valence-corrected chi connectivity index (χ3v) is 4.13.